The lowest BCUT2D eigenvalue weighted by atomic mass is 9.76. The van der Waals surface area contributed by atoms with Gasteiger partial charge in [0.25, 0.3) is 0 Å². The van der Waals surface area contributed by atoms with Gasteiger partial charge in [0.15, 0.2) is 0 Å². The molecule has 1 aliphatic carbocycles. The van der Waals surface area contributed by atoms with Crippen molar-refractivity contribution in [3.63, 3.8) is 0 Å². The van der Waals surface area contributed by atoms with Gasteiger partial charge in [-0.25, -0.2) is 0 Å². The van der Waals surface area contributed by atoms with E-state index in [0.717, 1.165) is 24.8 Å². The highest BCUT2D eigenvalue weighted by Crippen LogP contribution is 2.33. The van der Waals surface area contributed by atoms with Gasteiger partial charge in [0.05, 0.1) is 11.6 Å². The molecule has 1 aromatic carbocycles. The van der Waals surface area contributed by atoms with Gasteiger partial charge in [-0.05, 0) is 43.9 Å². The molecule has 0 spiro atoms. The van der Waals surface area contributed by atoms with E-state index in [1.54, 1.807) is 4.90 Å². The summed E-state index contributed by atoms with van der Waals surface area (Å²) in [6.07, 6.45) is 2.64. The number of hydrogen-bond donors (Lipinski definition) is 1. The normalized spacial score (nSPS) is 18.9. The summed E-state index contributed by atoms with van der Waals surface area (Å²) in [4.78, 5) is 14.0. The number of benzene rings is 1. The largest absolute Gasteiger partial charge is 0.337 e. The first-order valence-electron chi connectivity index (χ1n) is 6.26. The summed E-state index contributed by atoms with van der Waals surface area (Å²) in [6, 6.07) is 7.58. The third-order valence-electron chi connectivity index (χ3n) is 3.93. The second-order valence-electron chi connectivity index (χ2n) is 5.15. The van der Waals surface area contributed by atoms with Gasteiger partial charge in [-0.15, -0.1) is 0 Å². The van der Waals surface area contributed by atoms with Crippen LogP contribution >= 0.6 is 11.6 Å². The van der Waals surface area contributed by atoms with E-state index >= 15 is 0 Å². The molecule has 1 aliphatic rings. The molecule has 4 heteroatoms. The van der Waals surface area contributed by atoms with Crippen LogP contribution in [0.25, 0.3) is 0 Å². The van der Waals surface area contributed by atoms with Gasteiger partial charge in [-0.1, -0.05) is 23.7 Å². The number of carbonyl (C=O) groups is 1. The summed E-state index contributed by atoms with van der Waals surface area (Å²) >= 11 is 5.86. The molecule has 0 radical (unpaired) electrons. The number of nitrogens with zero attached hydrogens (tertiary/aromatic N) is 1. The number of likely N-dealkylation sites (N-methyl/N-ethyl adjacent to an activating group) is 1. The molecular formula is C14H19ClN2O. The lowest BCUT2D eigenvalue weighted by Gasteiger charge is -2.41. The number of halogens is 1. The Labute approximate surface area is 113 Å². The van der Waals surface area contributed by atoms with Gasteiger partial charge in [0.1, 0.15) is 0 Å². The van der Waals surface area contributed by atoms with Gasteiger partial charge in [0.2, 0.25) is 5.91 Å². The van der Waals surface area contributed by atoms with Gasteiger partial charge in [0, 0.05) is 12.1 Å². The summed E-state index contributed by atoms with van der Waals surface area (Å²) in [5, 5.41) is 0.703. The van der Waals surface area contributed by atoms with Crippen molar-refractivity contribution in [3.8, 4) is 0 Å². The Kier molecular flexibility index (Phi) is 3.64. The number of hydrogen-bond acceptors (Lipinski definition) is 2. The molecule has 1 atom stereocenters. The molecular weight excluding hydrogens is 248 g/mol. The average molecular weight is 267 g/mol. The molecule has 2 rings (SSSR count). The minimum Gasteiger partial charge on any atom is -0.337 e. The highest BCUT2D eigenvalue weighted by Gasteiger charge is 2.42. The van der Waals surface area contributed by atoms with Crippen molar-refractivity contribution in [3.05, 3.63) is 34.9 Å². The van der Waals surface area contributed by atoms with E-state index in [9.17, 15) is 4.79 Å². The lowest BCUT2D eigenvalue weighted by Crippen LogP contribution is -2.59. The first-order chi connectivity index (χ1) is 8.44. The van der Waals surface area contributed by atoms with Crippen molar-refractivity contribution < 1.29 is 4.79 Å². The highest BCUT2D eigenvalue weighted by atomic mass is 35.5. The Morgan fingerprint density at radius 1 is 1.39 bits per heavy atom. The zero-order valence-corrected chi connectivity index (χ0v) is 11.6. The van der Waals surface area contributed by atoms with E-state index in [0.29, 0.717) is 5.02 Å². The summed E-state index contributed by atoms with van der Waals surface area (Å²) in [6.45, 7) is 2.00. The minimum atomic E-state index is -0.630. The molecule has 3 nitrogen and oxygen atoms in total. The van der Waals surface area contributed by atoms with Crippen LogP contribution in [0.1, 0.15) is 37.8 Å². The first kappa shape index (κ1) is 13.4. The van der Waals surface area contributed by atoms with E-state index in [1.807, 2.05) is 38.2 Å². The van der Waals surface area contributed by atoms with E-state index in [2.05, 4.69) is 0 Å². The lowest BCUT2D eigenvalue weighted by molar-refractivity contribution is -0.140. The van der Waals surface area contributed by atoms with Crippen LogP contribution in [-0.2, 0) is 4.79 Å². The smallest absolute Gasteiger partial charge is 0.242 e. The predicted octanol–water partition coefficient (Wildman–Crippen LogP) is 2.74. The van der Waals surface area contributed by atoms with Crippen LogP contribution in [0.4, 0.5) is 0 Å². The molecule has 98 valence electrons. The molecule has 1 fully saturated rings. The van der Waals surface area contributed by atoms with Crippen molar-refractivity contribution in [1.29, 1.82) is 0 Å². The van der Waals surface area contributed by atoms with E-state index < -0.39 is 5.54 Å². The molecule has 1 unspecified atom stereocenters. The van der Waals surface area contributed by atoms with Crippen molar-refractivity contribution in [2.75, 3.05) is 7.05 Å². The Balaban J connectivity index is 2.10. The molecule has 2 N–H and O–H groups in total. The van der Waals surface area contributed by atoms with Crippen LogP contribution in [0.5, 0.6) is 0 Å². The number of rotatable bonds is 3. The molecule has 0 aromatic heterocycles. The van der Waals surface area contributed by atoms with E-state index in [4.69, 9.17) is 17.3 Å². The molecule has 0 aliphatic heterocycles. The third kappa shape index (κ3) is 2.38. The van der Waals surface area contributed by atoms with Crippen LogP contribution in [0.3, 0.4) is 0 Å². The zero-order valence-electron chi connectivity index (χ0n) is 10.8. The molecule has 0 bridgehead atoms. The van der Waals surface area contributed by atoms with Crippen molar-refractivity contribution >= 4 is 17.5 Å². The maximum absolute atomic E-state index is 12.3. The summed E-state index contributed by atoms with van der Waals surface area (Å²) in [7, 11) is 1.81. The van der Waals surface area contributed by atoms with Crippen LogP contribution in [-0.4, -0.2) is 23.4 Å². The maximum atomic E-state index is 12.3. The number of carbonyl (C=O) groups excluding carboxylic acids is 1. The van der Waals surface area contributed by atoms with Crippen molar-refractivity contribution in [2.45, 2.75) is 37.8 Å². The summed E-state index contributed by atoms with van der Waals surface area (Å²) in [5.74, 6) is 0.0381. The molecule has 18 heavy (non-hydrogen) atoms. The predicted molar refractivity (Wildman–Crippen MR) is 73.4 cm³/mol. The minimum absolute atomic E-state index is 0.00999. The van der Waals surface area contributed by atoms with Gasteiger partial charge in [-0.3, -0.25) is 4.79 Å². The standard InChI is InChI=1S/C14H19ClN2O/c1-10(11-4-6-12(15)7-5-11)17(2)13(18)14(16)8-3-9-14/h4-7,10H,3,8-9,16H2,1-2H3. The van der Waals surface area contributed by atoms with Crippen LogP contribution < -0.4 is 5.73 Å². The maximum Gasteiger partial charge on any atom is 0.242 e. The topological polar surface area (TPSA) is 46.3 Å². The molecule has 1 saturated carbocycles. The Morgan fingerprint density at radius 2 is 1.94 bits per heavy atom. The fourth-order valence-corrected chi connectivity index (χ4v) is 2.39. The third-order valence-corrected chi connectivity index (χ3v) is 4.18. The first-order valence-corrected chi connectivity index (χ1v) is 6.63. The molecule has 1 aromatic rings. The van der Waals surface area contributed by atoms with E-state index in [1.165, 1.54) is 0 Å². The van der Waals surface area contributed by atoms with Crippen LogP contribution in [0, 0.1) is 0 Å². The van der Waals surface area contributed by atoms with Crippen LogP contribution in [0.2, 0.25) is 5.02 Å². The number of amides is 1. The van der Waals surface area contributed by atoms with Gasteiger partial charge >= 0.3 is 0 Å². The highest BCUT2D eigenvalue weighted by molar-refractivity contribution is 6.30. The Hall–Kier alpha value is -1.06. The van der Waals surface area contributed by atoms with Crippen molar-refractivity contribution in [1.82, 2.24) is 4.90 Å². The Morgan fingerprint density at radius 3 is 2.39 bits per heavy atom. The second-order valence-corrected chi connectivity index (χ2v) is 5.59. The molecule has 0 saturated heterocycles. The monoisotopic (exact) mass is 266 g/mol. The van der Waals surface area contributed by atoms with Gasteiger partial charge in [-0.2, -0.15) is 0 Å². The summed E-state index contributed by atoms with van der Waals surface area (Å²) in [5.41, 5.74) is 6.51. The second kappa shape index (κ2) is 4.90. The quantitative estimate of drug-likeness (QED) is 0.914. The summed E-state index contributed by atoms with van der Waals surface area (Å²) < 4.78 is 0. The fourth-order valence-electron chi connectivity index (χ4n) is 2.26. The van der Waals surface area contributed by atoms with Crippen molar-refractivity contribution in [2.24, 2.45) is 5.73 Å². The fraction of sp³-hybridized carbons (Fsp3) is 0.500. The van der Waals surface area contributed by atoms with Gasteiger partial charge < -0.3 is 10.6 Å². The molecule has 0 heterocycles. The SMILES string of the molecule is CC(c1ccc(Cl)cc1)N(C)C(=O)C1(N)CCC1. The molecule has 1 amide bonds. The Bertz CT molecular complexity index is 440. The average Bonchev–Trinajstić information content (AvgIpc) is 2.34. The van der Waals surface area contributed by atoms with E-state index in [-0.39, 0.29) is 11.9 Å². The number of nitrogens with two attached hydrogens (primary N) is 1. The zero-order chi connectivity index (χ0) is 13.3. The van der Waals surface area contributed by atoms with Crippen LogP contribution in [0.15, 0.2) is 24.3 Å².